The number of hydrogen-bond acceptors (Lipinski definition) is 3. The molecule has 148 valence electrons. The summed E-state index contributed by atoms with van der Waals surface area (Å²) in [5.41, 5.74) is 1.83. The van der Waals surface area contributed by atoms with Crippen LogP contribution in [0.15, 0.2) is 53.7 Å². The van der Waals surface area contributed by atoms with Gasteiger partial charge in [-0.3, -0.25) is 0 Å². The minimum Gasteiger partial charge on any atom is -0.305 e. The molecule has 0 N–H and O–H groups in total. The Kier molecular flexibility index (Phi) is 5.57. The van der Waals surface area contributed by atoms with Crippen LogP contribution in [0, 0.1) is 0 Å². The molecule has 0 spiro atoms. The molecule has 7 heteroatoms. The average molecular weight is 405 g/mol. The van der Waals surface area contributed by atoms with Gasteiger partial charge in [0.15, 0.2) is 11.0 Å². The van der Waals surface area contributed by atoms with E-state index in [9.17, 15) is 13.2 Å². The Bertz CT molecular complexity index is 954. The number of benzene rings is 2. The van der Waals surface area contributed by atoms with Crippen LogP contribution in [-0.4, -0.2) is 14.8 Å². The fraction of sp³-hybridized carbons (Fsp3) is 0.333. The first-order valence-electron chi connectivity index (χ1n) is 8.85. The molecule has 2 aromatic carbocycles. The number of nitrogens with zero attached hydrogens (tertiary/aromatic N) is 3. The van der Waals surface area contributed by atoms with Crippen molar-refractivity contribution >= 4 is 11.8 Å². The lowest BCUT2D eigenvalue weighted by atomic mass is 9.87. The smallest absolute Gasteiger partial charge is 0.305 e. The summed E-state index contributed by atoms with van der Waals surface area (Å²) in [6.07, 6.45) is -4.36. The summed E-state index contributed by atoms with van der Waals surface area (Å²) in [6, 6.07) is 13.7. The second-order valence-electron chi connectivity index (χ2n) is 7.64. The molecule has 0 saturated heterocycles. The topological polar surface area (TPSA) is 30.7 Å². The molecule has 3 rings (SSSR count). The zero-order chi connectivity index (χ0) is 20.5. The summed E-state index contributed by atoms with van der Waals surface area (Å²) >= 11 is 1.24. The molecule has 0 aliphatic heterocycles. The van der Waals surface area contributed by atoms with Crippen LogP contribution >= 0.6 is 11.8 Å². The van der Waals surface area contributed by atoms with Crippen molar-refractivity contribution in [2.75, 3.05) is 0 Å². The maximum atomic E-state index is 13.2. The Balaban J connectivity index is 1.80. The lowest BCUT2D eigenvalue weighted by molar-refractivity contribution is -0.138. The third-order valence-corrected chi connectivity index (χ3v) is 5.59. The first-order chi connectivity index (χ1) is 13.1. The van der Waals surface area contributed by atoms with E-state index in [1.807, 2.05) is 23.7 Å². The van der Waals surface area contributed by atoms with Crippen LogP contribution in [0.1, 0.15) is 37.5 Å². The van der Waals surface area contributed by atoms with Crippen molar-refractivity contribution < 1.29 is 13.2 Å². The van der Waals surface area contributed by atoms with Crippen molar-refractivity contribution in [1.82, 2.24) is 14.8 Å². The highest BCUT2D eigenvalue weighted by Crippen LogP contribution is 2.35. The summed E-state index contributed by atoms with van der Waals surface area (Å²) in [5, 5.41) is 8.97. The van der Waals surface area contributed by atoms with E-state index in [2.05, 4.69) is 43.1 Å². The van der Waals surface area contributed by atoms with Crippen LogP contribution in [-0.2, 0) is 24.4 Å². The molecule has 0 bridgehead atoms. The number of thioether (sulfide) groups is 1. The zero-order valence-corrected chi connectivity index (χ0v) is 17.0. The van der Waals surface area contributed by atoms with E-state index >= 15 is 0 Å². The van der Waals surface area contributed by atoms with Crippen molar-refractivity contribution in [3.63, 3.8) is 0 Å². The summed E-state index contributed by atoms with van der Waals surface area (Å²) < 4.78 is 41.3. The van der Waals surface area contributed by atoms with Gasteiger partial charge in [-0.25, -0.2) is 0 Å². The SMILES string of the molecule is Cn1c(SCc2ccccc2C(F)(F)F)nnc1-c1ccc(C(C)(C)C)cc1. The van der Waals surface area contributed by atoms with Crippen LogP contribution in [0.25, 0.3) is 11.4 Å². The molecule has 3 aromatic rings. The van der Waals surface area contributed by atoms with Crippen LogP contribution in [0.2, 0.25) is 0 Å². The van der Waals surface area contributed by atoms with E-state index in [1.54, 1.807) is 6.07 Å². The number of alkyl halides is 3. The predicted octanol–water partition coefficient (Wildman–Crippen LogP) is 6.09. The van der Waals surface area contributed by atoms with Gasteiger partial charge in [-0.05, 0) is 22.6 Å². The van der Waals surface area contributed by atoms with E-state index in [0.717, 1.165) is 11.6 Å². The first-order valence-corrected chi connectivity index (χ1v) is 9.84. The van der Waals surface area contributed by atoms with Crippen LogP contribution < -0.4 is 0 Å². The highest BCUT2D eigenvalue weighted by atomic mass is 32.2. The van der Waals surface area contributed by atoms with Crippen molar-refractivity contribution in [2.24, 2.45) is 7.05 Å². The fourth-order valence-electron chi connectivity index (χ4n) is 2.88. The van der Waals surface area contributed by atoms with Gasteiger partial charge < -0.3 is 4.57 Å². The summed E-state index contributed by atoms with van der Waals surface area (Å²) in [5.74, 6) is 0.858. The van der Waals surface area contributed by atoms with Gasteiger partial charge >= 0.3 is 6.18 Å². The van der Waals surface area contributed by atoms with Gasteiger partial charge in [0.2, 0.25) is 0 Å². The van der Waals surface area contributed by atoms with E-state index in [4.69, 9.17) is 0 Å². The van der Waals surface area contributed by atoms with Gasteiger partial charge in [0.25, 0.3) is 0 Å². The molecule has 0 aliphatic carbocycles. The second kappa shape index (κ2) is 7.62. The molecule has 0 saturated carbocycles. The van der Waals surface area contributed by atoms with Gasteiger partial charge in [-0.1, -0.05) is 75.0 Å². The highest BCUT2D eigenvalue weighted by Gasteiger charge is 2.32. The fourth-order valence-corrected chi connectivity index (χ4v) is 3.79. The van der Waals surface area contributed by atoms with E-state index in [0.29, 0.717) is 11.0 Å². The molecule has 1 aromatic heterocycles. The standard InChI is InChI=1S/C21H22F3N3S/c1-20(2,3)16-11-9-14(10-12-16)18-25-26-19(27(18)4)28-13-15-7-5-6-8-17(15)21(22,23)24/h5-12H,13H2,1-4H3. The quantitative estimate of drug-likeness (QED) is 0.492. The molecule has 1 heterocycles. The van der Waals surface area contributed by atoms with E-state index in [-0.39, 0.29) is 16.7 Å². The molecule has 28 heavy (non-hydrogen) atoms. The van der Waals surface area contributed by atoms with Gasteiger partial charge in [0, 0.05) is 18.4 Å². The molecule has 0 radical (unpaired) electrons. The van der Waals surface area contributed by atoms with Crippen molar-refractivity contribution in [3.05, 3.63) is 65.2 Å². The van der Waals surface area contributed by atoms with Crippen molar-refractivity contribution in [1.29, 1.82) is 0 Å². The number of hydrogen-bond donors (Lipinski definition) is 0. The minimum absolute atomic E-state index is 0.0608. The zero-order valence-electron chi connectivity index (χ0n) is 16.2. The lowest BCUT2D eigenvalue weighted by Crippen LogP contribution is -2.10. The van der Waals surface area contributed by atoms with E-state index in [1.165, 1.54) is 29.5 Å². The van der Waals surface area contributed by atoms with Gasteiger partial charge in [-0.2, -0.15) is 13.2 Å². The third-order valence-electron chi connectivity index (χ3n) is 4.52. The Labute approximate surface area is 167 Å². The monoisotopic (exact) mass is 405 g/mol. The third kappa shape index (κ3) is 4.41. The average Bonchev–Trinajstić information content (AvgIpc) is 2.99. The molecular formula is C21H22F3N3S. The maximum absolute atomic E-state index is 13.2. The molecule has 0 aliphatic rings. The Morgan fingerprint density at radius 3 is 2.18 bits per heavy atom. The lowest BCUT2D eigenvalue weighted by Gasteiger charge is -2.19. The van der Waals surface area contributed by atoms with Crippen molar-refractivity contribution in [2.45, 2.75) is 43.3 Å². The van der Waals surface area contributed by atoms with Crippen LogP contribution in [0.5, 0.6) is 0 Å². The molecule has 0 fully saturated rings. The molecular weight excluding hydrogens is 383 g/mol. The summed E-state index contributed by atoms with van der Waals surface area (Å²) in [4.78, 5) is 0. The summed E-state index contributed by atoms with van der Waals surface area (Å²) in [7, 11) is 1.82. The predicted molar refractivity (Wildman–Crippen MR) is 106 cm³/mol. The number of rotatable bonds is 4. The molecule has 3 nitrogen and oxygen atoms in total. The first kappa shape index (κ1) is 20.5. The minimum atomic E-state index is -4.36. The Morgan fingerprint density at radius 2 is 1.57 bits per heavy atom. The highest BCUT2D eigenvalue weighted by molar-refractivity contribution is 7.98. The van der Waals surface area contributed by atoms with Crippen LogP contribution in [0.4, 0.5) is 13.2 Å². The molecule has 0 amide bonds. The van der Waals surface area contributed by atoms with Gasteiger partial charge in [0.1, 0.15) is 0 Å². The van der Waals surface area contributed by atoms with Crippen LogP contribution in [0.3, 0.4) is 0 Å². The second-order valence-corrected chi connectivity index (χ2v) is 8.58. The molecule has 0 unspecified atom stereocenters. The normalized spacial score (nSPS) is 12.4. The maximum Gasteiger partial charge on any atom is 0.416 e. The Hall–Kier alpha value is -2.28. The number of halogens is 3. The van der Waals surface area contributed by atoms with E-state index < -0.39 is 11.7 Å². The largest absolute Gasteiger partial charge is 0.416 e. The number of aromatic nitrogens is 3. The van der Waals surface area contributed by atoms with Gasteiger partial charge in [0.05, 0.1) is 5.56 Å². The summed E-state index contributed by atoms with van der Waals surface area (Å²) in [6.45, 7) is 6.45. The molecule has 0 atom stereocenters. The van der Waals surface area contributed by atoms with Gasteiger partial charge in [-0.15, -0.1) is 10.2 Å². The van der Waals surface area contributed by atoms with Crippen molar-refractivity contribution in [3.8, 4) is 11.4 Å². The Morgan fingerprint density at radius 1 is 0.929 bits per heavy atom.